The Morgan fingerprint density at radius 2 is 0.705 bits per heavy atom. The van der Waals surface area contributed by atoms with Gasteiger partial charge in [-0.05, 0) is 122 Å². The number of aliphatic hydroxyl groups excluding tert-OH is 1. The molecule has 0 heterocycles. The van der Waals surface area contributed by atoms with E-state index in [1.807, 2.05) is 30.4 Å². The Labute approximate surface area is 471 Å². The Morgan fingerprint density at radius 1 is 0.372 bits per heavy atom. The van der Waals surface area contributed by atoms with Crippen molar-refractivity contribution in [2.75, 3.05) is 26.4 Å². The largest absolute Gasteiger partial charge is 0.472 e. The van der Waals surface area contributed by atoms with Gasteiger partial charge in [-0.25, -0.2) is 4.57 Å². The van der Waals surface area contributed by atoms with Crippen LogP contribution in [0.2, 0.25) is 0 Å². The molecule has 0 saturated heterocycles. The molecule has 12 heteroatoms. The van der Waals surface area contributed by atoms with Gasteiger partial charge in [-0.15, -0.1) is 0 Å². The van der Waals surface area contributed by atoms with E-state index >= 15 is 0 Å². The fourth-order valence-corrected chi connectivity index (χ4v) is 7.41. The van der Waals surface area contributed by atoms with Gasteiger partial charge >= 0.3 is 25.7 Å². The second-order valence-electron chi connectivity index (χ2n) is 18.0. The van der Waals surface area contributed by atoms with E-state index in [1.165, 1.54) is 0 Å². The molecular weight excluding hydrogens is 1000 g/mol. The standard InChI is InChI=1S/C66H99O11P/c1-4-7-10-13-16-19-22-25-28-30-31-33-36-39-42-45-48-51-54-57-66(70)77-63(59-73-64(68)55-52-49-46-43-40-37-35-32-29-26-23-20-17-14-11-8-5-2)61-75-78(71,72)74-60-62(58-67)76-65(69)56-53-50-47-44-41-38-34-27-24-21-18-15-12-9-6-3/h7-12,16-21,25-29,31,33-35,37,39,41-42,44,48,50-51,53,62-63,67H,4-6,13-15,22-24,30,32,36,38,40,43,45-47,49,52,54-61H2,1-3H3,(H,71,72)/b10-7-,11-8-,12-9-,19-16-,20-17-,21-18-,28-25-,29-26-,33-31-,34-27-,37-35-,42-39-,44-41-,51-48-,53-50-. The fraction of sp³-hybridized carbons (Fsp3) is 0.500. The predicted octanol–water partition coefficient (Wildman–Crippen LogP) is 17.2. The molecule has 0 fully saturated rings. The first kappa shape index (κ1) is 72.6. The van der Waals surface area contributed by atoms with Crippen molar-refractivity contribution in [3.63, 3.8) is 0 Å². The first-order valence-corrected chi connectivity index (χ1v) is 30.2. The minimum Gasteiger partial charge on any atom is -0.462 e. The third kappa shape index (κ3) is 55.3. The second kappa shape index (κ2) is 57.7. The van der Waals surface area contributed by atoms with Gasteiger partial charge in [-0.3, -0.25) is 23.4 Å². The van der Waals surface area contributed by atoms with Crippen molar-refractivity contribution in [2.45, 2.75) is 187 Å². The Bertz CT molecular complexity index is 2010. The molecule has 434 valence electrons. The van der Waals surface area contributed by atoms with Crippen LogP contribution in [0.3, 0.4) is 0 Å². The molecule has 0 amide bonds. The molecule has 11 nitrogen and oxygen atoms in total. The highest BCUT2D eigenvalue weighted by atomic mass is 31.2. The first-order chi connectivity index (χ1) is 38.2. The topological polar surface area (TPSA) is 155 Å². The zero-order valence-electron chi connectivity index (χ0n) is 47.8. The molecule has 0 aromatic rings. The van der Waals surface area contributed by atoms with Crippen LogP contribution in [0, 0.1) is 0 Å². The number of hydrogen-bond acceptors (Lipinski definition) is 10. The molecule has 0 aliphatic rings. The summed E-state index contributed by atoms with van der Waals surface area (Å²) < 4.78 is 39.3. The van der Waals surface area contributed by atoms with Crippen molar-refractivity contribution in [1.82, 2.24) is 0 Å². The lowest BCUT2D eigenvalue weighted by atomic mass is 10.1. The van der Waals surface area contributed by atoms with E-state index in [0.717, 1.165) is 109 Å². The molecule has 0 radical (unpaired) electrons. The molecule has 3 unspecified atom stereocenters. The van der Waals surface area contributed by atoms with Gasteiger partial charge in [-0.1, -0.05) is 216 Å². The molecular formula is C66H99O11P. The SMILES string of the molecule is CC/C=C\C/C=C\C/C=C\C/C=C\C/C=C\C/C=C\CCC(=O)OC(COC(=O)CCCCCC/C=C\C/C=C\C/C=C\C/C=C\CC)COP(=O)(O)OCC(CO)OC(=O)C/C=C\C/C=C\C/C=C\C/C=C\C/C=C\CC. The van der Waals surface area contributed by atoms with Crippen LogP contribution in [0.25, 0.3) is 0 Å². The highest BCUT2D eigenvalue weighted by Crippen LogP contribution is 2.43. The molecule has 0 bridgehead atoms. The van der Waals surface area contributed by atoms with Gasteiger partial charge in [0.25, 0.3) is 0 Å². The van der Waals surface area contributed by atoms with Gasteiger partial charge in [0.15, 0.2) is 6.10 Å². The molecule has 0 saturated carbocycles. The minimum absolute atomic E-state index is 0.0178. The summed E-state index contributed by atoms with van der Waals surface area (Å²) in [6.07, 6.45) is 79.0. The summed E-state index contributed by atoms with van der Waals surface area (Å²) in [7, 11) is -4.81. The third-order valence-corrected chi connectivity index (χ3v) is 11.8. The maximum Gasteiger partial charge on any atom is 0.472 e. The molecule has 0 rings (SSSR count). The smallest absolute Gasteiger partial charge is 0.462 e. The lowest BCUT2D eigenvalue weighted by Crippen LogP contribution is -2.30. The summed E-state index contributed by atoms with van der Waals surface area (Å²) in [4.78, 5) is 48.5. The Hall–Kier alpha value is -5.42. The molecule has 78 heavy (non-hydrogen) atoms. The van der Waals surface area contributed by atoms with Crippen LogP contribution in [-0.2, 0) is 42.2 Å². The number of unbranched alkanes of at least 4 members (excludes halogenated alkanes) is 4. The zero-order chi connectivity index (χ0) is 56.9. The van der Waals surface area contributed by atoms with Crippen molar-refractivity contribution in [3.05, 3.63) is 182 Å². The maximum atomic E-state index is 12.9. The molecule has 0 aliphatic heterocycles. The summed E-state index contributed by atoms with van der Waals surface area (Å²) in [5.41, 5.74) is 0. The predicted molar refractivity (Wildman–Crippen MR) is 324 cm³/mol. The van der Waals surface area contributed by atoms with Gasteiger partial charge < -0.3 is 24.2 Å². The number of aliphatic hydroxyl groups is 1. The fourth-order valence-electron chi connectivity index (χ4n) is 6.62. The number of hydrogen-bond donors (Lipinski definition) is 2. The molecule has 2 N–H and O–H groups in total. The van der Waals surface area contributed by atoms with Crippen LogP contribution in [0.15, 0.2) is 182 Å². The number of rotatable bonds is 50. The van der Waals surface area contributed by atoms with Crippen molar-refractivity contribution in [1.29, 1.82) is 0 Å². The van der Waals surface area contributed by atoms with Crippen LogP contribution in [0.1, 0.15) is 175 Å². The first-order valence-electron chi connectivity index (χ1n) is 28.7. The number of carbonyl (C=O) groups is 3. The van der Waals surface area contributed by atoms with Crippen molar-refractivity contribution >= 4 is 25.7 Å². The highest BCUT2D eigenvalue weighted by molar-refractivity contribution is 7.47. The van der Waals surface area contributed by atoms with Crippen LogP contribution in [0.5, 0.6) is 0 Å². The van der Waals surface area contributed by atoms with E-state index in [-0.39, 0.29) is 19.3 Å². The van der Waals surface area contributed by atoms with E-state index in [4.69, 9.17) is 23.3 Å². The number of ether oxygens (including phenoxy) is 3. The van der Waals surface area contributed by atoms with Gasteiger partial charge in [0.2, 0.25) is 0 Å². The number of phosphoric acid groups is 1. The summed E-state index contributed by atoms with van der Waals surface area (Å²) in [6, 6.07) is 0. The van der Waals surface area contributed by atoms with Crippen molar-refractivity contribution < 1.29 is 52.2 Å². The normalized spacial score (nSPS) is 14.7. The van der Waals surface area contributed by atoms with Crippen molar-refractivity contribution in [3.8, 4) is 0 Å². The van der Waals surface area contributed by atoms with E-state index in [9.17, 15) is 28.9 Å². The Balaban J connectivity index is 5.00. The minimum atomic E-state index is -4.81. The van der Waals surface area contributed by atoms with Crippen LogP contribution < -0.4 is 0 Å². The number of esters is 3. The van der Waals surface area contributed by atoms with Gasteiger partial charge in [-0.2, -0.15) is 0 Å². The highest BCUT2D eigenvalue weighted by Gasteiger charge is 2.28. The average molecular weight is 1100 g/mol. The monoisotopic (exact) mass is 1100 g/mol. The molecule has 3 atom stereocenters. The second-order valence-corrected chi connectivity index (χ2v) is 19.4. The lowest BCUT2D eigenvalue weighted by molar-refractivity contribution is -0.161. The zero-order valence-corrected chi connectivity index (χ0v) is 48.7. The summed E-state index contributed by atoms with van der Waals surface area (Å²) in [6.45, 7) is 4.04. The molecule has 0 aromatic heterocycles. The van der Waals surface area contributed by atoms with Gasteiger partial charge in [0, 0.05) is 12.8 Å². The number of phosphoric ester groups is 1. The Morgan fingerprint density at radius 3 is 1.10 bits per heavy atom. The van der Waals surface area contributed by atoms with Crippen LogP contribution in [-0.4, -0.2) is 66.5 Å². The maximum absolute atomic E-state index is 12.9. The number of allylic oxidation sites excluding steroid dienone is 29. The van der Waals surface area contributed by atoms with Crippen molar-refractivity contribution in [2.24, 2.45) is 0 Å². The molecule has 0 spiro atoms. The van der Waals surface area contributed by atoms with Crippen LogP contribution >= 0.6 is 7.82 Å². The molecule has 0 aliphatic carbocycles. The Kier molecular flexibility index (Phi) is 53.7. The quantitative estimate of drug-likeness (QED) is 0.0197. The van der Waals surface area contributed by atoms with Gasteiger partial charge in [0.1, 0.15) is 12.7 Å². The lowest BCUT2D eigenvalue weighted by Gasteiger charge is -2.21. The summed E-state index contributed by atoms with van der Waals surface area (Å²) >= 11 is 0. The van der Waals surface area contributed by atoms with Gasteiger partial charge in [0.05, 0.1) is 26.2 Å². The summed E-state index contributed by atoms with van der Waals surface area (Å²) in [5.74, 6) is -1.76. The van der Waals surface area contributed by atoms with E-state index in [0.29, 0.717) is 25.7 Å². The van der Waals surface area contributed by atoms with E-state index in [1.54, 1.807) is 6.08 Å². The van der Waals surface area contributed by atoms with Crippen LogP contribution in [0.4, 0.5) is 0 Å². The average Bonchev–Trinajstić information content (AvgIpc) is 3.43. The summed E-state index contributed by atoms with van der Waals surface area (Å²) in [5, 5.41) is 9.80. The van der Waals surface area contributed by atoms with E-state index in [2.05, 4.69) is 167 Å². The number of carbonyl (C=O) groups excluding carboxylic acids is 3. The van der Waals surface area contributed by atoms with E-state index < -0.39 is 64.4 Å². The third-order valence-electron chi connectivity index (χ3n) is 10.9. The molecule has 0 aromatic carbocycles.